The van der Waals surface area contributed by atoms with E-state index in [0.29, 0.717) is 6.04 Å². The lowest BCUT2D eigenvalue weighted by molar-refractivity contribution is 0.574. The molecule has 1 atom stereocenters. The number of rotatable bonds is 5. The summed E-state index contributed by atoms with van der Waals surface area (Å²) in [5.74, 6) is 0. The molecule has 0 fully saturated rings. The molecule has 1 N–H and O–H groups in total. The van der Waals surface area contributed by atoms with Crippen molar-refractivity contribution in [1.82, 2.24) is 14.9 Å². The first-order valence-corrected chi connectivity index (χ1v) is 7.18. The van der Waals surface area contributed by atoms with Crippen LogP contribution in [-0.4, -0.2) is 9.55 Å². The number of hydrogen-bond donors (Lipinski definition) is 1. The Morgan fingerprint density at radius 1 is 1.05 bits per heavy atom. The van der Waals surface area contributed by atoms with Crippen LogP contribution < -0.4 is 5.32 Å². The monoisotopic (exact) mass is 277 g/mol. The molecule has 3 rings (SSSR count). The van der Waals surface area contributed by atoms with E-state index in [-0.39, 0.29) is 0 Å². The summed E-state index contributed by atoms with van der Waals surface area (Å²) in [4.78, 5) is 4.06. The predicted molar refractivity (Wildman–Crippen MR) is 85.3 cm³/mol. The minimum absolute atomic E-state index is 0.347. The smallest absolute Gasteiger partial charge is 0.0991 e. The van der Waals surface area contributed by atoms with Gasteiger partial charge < -0.3 is 9.88 Å². The minimum atomic E-state index is 0.347. The largest absolute Gasteiger partial charge is 0.306 e. The van der Waals surface area contributed by atoms with E-state index in [4.69, 9.17) is 0 Å². The van der Waals surface area contributed by atoms with Crippen molar-refractivity contribution in [2.45, 2.75) is 19.5 Å². The van der Waals surface area contributed by atoms with Crippen LogP contribution in [0.1, 0.15) is 24.1 Å². The van der Waals surface area contributed by atoms with Crippen LogP contribution in [0.3, 0.4) is 0 Å². The zero-order chi connectivity index (χ0) is 14.5. The quantitative estimate of drug-likeness (QED) is 0.770. The normalized spacial score (nSPS) is 12.2. The molecule has 106 valence electrons. The van der Waals surface area contributed by atoms with Crippen molar-refractivity contribution in [2.24, 2.45) is 0 Å². The van der Waals surface area contributed by atoms with Gasteiger partial charge in [0.25, 0.3) is 0 Å². The molecular weight excluding hydrogens is 258 g/mol. The van der Waals surface area contributed by atoms with Crippen LogP contribution in [0, 0.1) is 0 Å². The van der Waals surface area contributed by atoms with Crippen molar-refractivity contribution in [3.8, 4) is 5.69 Å². The number of hydrogen-bond acceptors (Lipinski definition) is 2. The van der Waals surface area contributed by atoms with E-state index in [1.165, 1.54) is 11.1 Å². The molecule has 3 aromatic rings. The van der Waals surface area contributed by atoms with E-state index >= 15 is 0 Å². The molecule has 0 radical (unpaired) electrons. The third-order valence-corrected chi connectivity index (χ3v) is 3.65. The molecule has 3 nitrogen and oxygen atoms in total. The predicted octanol–water partition coefficient (Wildman–Crippen LogP) is 3.72. The lowest BCUT2D eigenvalue weighted by atomic mass is 10.1. The number of nitrogens with zero attached hydrogens (tertiary/aromatic N) is 2. The number of imidazole rings is 1. The van der Waals surface area contributed by atoms with Gasteiger partial charge in [-0.15, -0.1) is 0 Å². The highest BCUT2D eigenvalue weighted by molar-refractivity contribution is 5.34. The molecule has 0 amide bonds. The van der Waals surface area contributed by atoms with Crippen LogP contribution in [0.4, 0.5) is 0 Å². The highest BCUT2D eigenvalue weighted by atomic mass is 15.0. The Balaban J connectivity index is 1.61. The third kappa shape index (κ3) is 3.38. The summed E-state index contributed by atoms with van der Waals surface area (Å²) in [6.45, 7) is 3.05. The van der Waals surface area contributed by atoms with Crippen molar-refractivity contribution in [3.05, 3.63) is 84.4 Å². The summed E-state index contributed by atoms with van der Waals surface area (Å²) >= 11 is 0. The molecule has 1 aromatic heterocycles. The van der Waals surface area contributed by atoms with Gasteiger partial charge in [0.05, 0.1) is 6.33 Å². The molecule has 0 aliphatic heterocycles. The van der Waals surface area contributed by atoms with Crippen molar-refractivity contribution in [1.29, 1.82) is 0 Å². The second kappa shape index (κ2) is 6.37. The summed E-state index contributed by atoms with van der Waals surface area (Å²) in [6.07, 6.45) is 5.55. The van der Waals surface area contributed by atoms with Gasteiger partial charge in [-0.25, -0.2) is 4.98 Å². The van der Waals surface area contributed by atoms with E-state index < -0.39 is 0 Å². The standard InChI is InChI=1S/C18H19N3/c1-15(17-5-3-2-4-6-17)20-13-16-7-9-18(10-8-16)21-12-11-19-14-21/h2-12,14-15,20H,13H2,1H3/t15-/m0/s1. The van der Waals surface area contributed by atoms with E-state index in [9.17, 15) is 0 Å². The molecule has 0 aliphatic carbocycles. The molecule has 3 heteroatoms. The van der Waals surface area contributed by atoms with Crippen molar-refractivity contribution in [3.63, 3.8) is 0 Å². The van der Waals surface area contributed by atoms with Crippen LogP contribution in [0.5, 0.6) is 0 Å². The third-order valence-electron chi connectivity index (χ3n) is 3.65. The van der Waals surface area contributed by atoms with Gasteiger partial charge in [0.1, 0.15) is 0 Å². The van der Waals surface area contributed by atoms with Gasteiger partial charge in [-0.2, -0.15) is 0 Å². The van der Waals surface area contributed by atoms with E-state index in [1.807, 2.05) is 23.2 Å². The zero-order valence-corrected chi connectivity index (χ0v) is 12.1. The van der Waals surface area contributed by atoms with Crippen LogP contribution in [-0.2, 0) is 6.54 Å². The van der Waals surface area contributed by atoms with Crippen molar-refractivity contribution < 1.29 is 0 Å². The molecule has 2 aromatic carbocycles. The van der Waals surface area contributed by atoms with Crippen LogP contribution in [0.15, 0.2) is 73.3 Å². The summed E-state index contributed by atoms with van der Waals surface area (Å²) in [5, 5.41) is 3.55. The van der Waals surface area contributed by atoms with Gasteiger partial charge in [0.15, 0.2) is 0 Å². The van der Waals surface area contributed by atoms with Gasteiger partial charge in [-0.05, 0) is 30.2 Å². The van der Waals surface area contributed by atoms with Crippen molar-refractivity contribution >= 4 is 0 Å². The summed E-state index contributed by atoms with van der Waals surface area (Å²) in [6, 6.07) is 19.4. The molecule has 0 saturated heterocycles. The average molecular weight is 277 g/mol. The number of aromatic nitrogens is 2. The Kier molecular flexibility index (Phi) is 4.12. The molecule has 0 spiro atoms. The fourth-order valence-electron chi connectivity index (χ4n) is 2.33. The first kappa shape index (κ1) is 13.6. The minimum Gasteiger partial charge on any atom is -0.306 e. The summed E-state index contributed by atoms with van der Waals surface area (Å²) in [7, 11) is 0. The Bertz CT molecular complexity index is 657. The molecule has 0 saturated carbocycles. The SMILES string of the molecule is C[C@H](NCc1ccc(-n2ccnc2)cc1)c1ccccc1. The first-order valence-electron chi connectivity index (χ1n) is 7.18. The van der Waals surface area contributed by atoms with Gasteiger partial charge >= 0.3 is 0 Å². The maximum atomic E-state index is 4.06. The average Bonchev–Trinajstić information content (AvgIpc) is 3.08. The molecule has 0 aliphatic rings. The van der Waals surface area contributed by atoms with E-state index in [0.717, 1.165) is 12.2 Å². The van der Waals surface area contributed by atoms with E-state index in [2.05, 4.69) is 65.8 Å². The Morgan fingerprint density at radius 2 is 1.81 bits per heavy atom. The molecule has 1 heterocycles. The van der Waals surface area contributed by atoms with E-state index in [1.54, 1.807) is 6.20 Å². The fourth-order valence-corrected chi connectivity index (χ4v) is 2.33. The van der Waals surface area contributed by atoms with Crippen LogP contribution >= 0.6 is 0 Å². The molecule has 0 bridgehead atoms. The van der Waals surface area contributed by atoms with Gasteiger partial charge in [0, 0.05) is 30.7 Å². The topological polar surface area (TPSA) is 29.9 Å². The Labute approximate surface area is 125 Å². The van der Waals surface area contributed by atoms with Crippen molar-refractivity contribution in [2.75, 3.05) is 0 Å². The maximum Gasteiger partial charge on any atom is 0.0991 e. The van der Waals surface area contributed by atoms with Gasteiger partial charge in [-0.3, -0.25) is 0 Å². The Morgan fingerprint density at radius 3 is 2.48 bits per heavy atom. The fraction of sp³-hybridized carbons (Fsp3) is 0.167. The van der Waals surface area contributed by atoms with Gasteiger partial charge in [0.2, 0.25) is 0 Å². The summed E-state index contributed by atoms with van der Waals surface area (Å²) < 4.78 is 2.00. The lowest BCUT2D eigenvalue weighted by Gasteiger charge is -2.14. The van der Waals surface area contributed by atoms with Crippen LogP contribution in [0.2, 0.25) is 0 Å². The number of benzene rings is 2. The lowest BCUT2D eigenvalue weighted by Crippen LogP contribution is -2.17. The number of nitrogens with one attached hydrogen (secondary N) is 1. The zero-order valence-electron chi connectivity index (χ0n) is 12.1. The first-order chi connectivity index (χ1) is 10.3. The second-order valence-corrected chi connectivity index (χ2v) is 5.15. The molecular formula is C18H19N3. The van der Waals surface area contributed by atoms with Crippen LogP contribution in [0.25, 0.3) is 5.69 Å². The highest BCUT2D eigenvalue weighted by Gasteiger charge is 2.04. The Hall–Kier alpha value is -2.39. The second-order valence-electron chi connectivity index (χ2n) is 5.15. The molecule has 21 heavy (non-hydrogen) atoms. The summed E-state index contributed by atoms with van der Waals surface area (Å²) in [5.41, 5.74) is 3.72. The molecule has 0 unspecified atom stereocenters. The highest BCUT2D eigenvalue weighted by Crippen LogP contribution is 2.13. The maximum absolute atomic E-state index is 4.06. The van der Waals surface area contributed by atoms with Gasteiger partial charge in [-0.1, -0.05) is 42.5 Å².